The van der Waals surface area contributed by atoms with Gasteiger partial charge in [0.2, 0.25) is 0 Å². The highest BCUT2D eigenvalue weighted by Crippen LogP contribution is 2.44. The van der Waals surface area contributed by atoms with Crippen molar-refractivity contribution in [2.24, 2.45) is 11.8 Å². The van der Waals surface area contributed by atoms with E-state index in [0.29, 0.717) is 6.54 Å². The van der Waals surface area contributed by atoms with E-state index >= 15 is 0 Å². The summed E-state index contributed by atoms with van der Waals surface area (Å²) in [7, 11) is 0. The largest absolute Gasteiger partial charge is 0.444 e. The van der Waals surface area contributed by atoms with Gasteiger partial charge in [-0.25, -0.2) is 4.79 Å². The molecule has 0 radical (unpaired) electrons. The number of amides is 1. The molecule has 4 nitrogen and oxygen atoms in total. The molecule has 3 unspecified atom stereocenters. The fraction of sp³-hybridized carbons (Fsp3) is 0.812. The molecule has 0 aromatic carbocycles. The van der Waals surface area contributed by atoms with E-state index in [1.807, 2.05) is 26.8 Å². The minimum Gasteiger partial charge on any atom is -0.444 e. The maximum atomic E-state index is 11.4. The summed E-state index contributed by atoms with van der Waals surface area (Å²) in [5, 5.41) is 6.33. The van der Waals surface area contributed by atoms with Gasteiger partial charge in [-0.15, -0.1) is 0 Å². The second-order valence-electron chi connectivity index (χ2n) is 7.04. The van der Waals surface area contributed by atoms with Gasteiger partial charge in [-0.3, -0.25) is 0 Å². The van der Waals surface area contributed by atoms with Crippen molar-refractivity contribution in [2.45, 2.75) is 58.1 Å². The van der Waals surface area contributed by atoms with Crippen molar-refractivity contribution in [1.82, 2.24) is 10.6 Å². The van der Waals surface area contributed by atoms with Crippen LogP contribution in [-0.2, 0) is 4.74 Å². The molecule has 114 valence electrons. The zero-order valence-corrected chi connectivity index (χ0v) is 12.9. The highest BCUT2D eigenvalue weighted by molar-refractivity contribution is 5.67. The van der Waals surface area contributed by atoms with Crippen LogP contribution in [0.4, 0.5) is 4.79 Å². The lowest BCUT2D eigenvalue weighted by Gasteiger charge is -2.22. The van der Waals surface area contributed by atoms with Gasteiger partial charge in [0.05, 0.1) is 0 Å². The average Bonchev–Trinajstić information content (AvgIpc) is 2.93. The van der Waals surface area contributed by atoms with E-state index in [0.717, 1.165) is 24.4 Å². The van der Waals surface area contributed by atoms with E-state index in [1.165, 1.54) is 25.7 Å². The van der Waals surface area contributed by atoms with Crippen molar-refractivity contribution >= 4 is 6.09 Å². The lowest BCUT2D eigenvalue weighted by Crippen LogP contribution is -2.34. The van der Waals surface area contributed by atoms with Crippen LogP contribution < -0.4 is 10.6 Å². The van der Waals surface area contributed by atoms with Crippen molar-refractivity contribution in [3.05, 3.63) is 12.2 Å². The molecule has 2 fully saturated rings. The van der Waals surface area contributed by atoms with Crippen molar-refractivity contribution in [2.75, 3.05) is 13.1 Å². The van der Waals surface area contributed by atoms with E-state index < -0.39 is 5.60 Å². The standard InChI is InChI=1S/C16H28N2O2/c1-16(2,3)20-15(19)18-9-5-4-8-17-14-11-12-6-7-13(14)10-12/h4-5,12-14,17H,6-11H2,1-3H3,(H,18,19)/b5-4+. The van der Waals surface area contributed by atoms with Crippen LogP contribution in [0.15, 0.2) is 12.2 Å². The molecule has 2 bridgehead atoms. The second kappa shape index (κ2) is 6.61. The first-order valence-electron chi connectivity index (χ1n) is 7.79. The van der Waals surface area contributed by atoms with E-state index in [9.17, 15) is 4.79 Å². The van der Waals surface area contributed by atoms with Gasteiger partial charge in [0.1, 0.15) is 5.60 Å². The van der Waals surface area contributed by atoms with Crippen molar-refractivity contribution in [1.29, 1.82) is 0 Å². The summed E-state index contributed by atoms with van der Waals surface area (Å²) in [6.07, 6.45) is 9.34. The number of rotatable bonds is 5. The van der Waals surface area contributed by atoms with E-state index in [2.05, 4.69) is 16.7 Å². The van der Waals surface area contributed by atoms with E-state index in [-0.39, 0.29) is 6.09 Å². The molecule has 3 atom stereocenters. The molecule has 0 aromatic heterocycles. The molecule has 20 heavy (non-hydrogen) atoms. The molecule has 2 aliphatic carbocycles. The zero-order valence-electron chi connectivity index (χ0n) is 12.9. The Hall–Kier alpha value is -1.03. The van der Waals surface area contributed by atoms with Gasteiger partial charge in [0.15, 0.2) is 0 Å². The van der Waals surface area contributed by atoms with Gasteiger partial charge in [-0.05, 0) is 51.9 Å². The Morgan fingerprint density at radius 3 is 2.55 bits per heavy atom. The highest BCUT2D eigenvalue weighted by atomic mass is 16.6. The average molecular weight is 280 g/mol. The van der Waals surface area contributed by atoms with Crippen LogP contribution in [0.2, 0.25) is 0 Å². The summed E-state index contributed by atoms with van der Waals surface area (Å²) in [5.41, 5.74) is -0.433. The Balaban J connectivity index is 1.53. The maximum absolute atomic E-state index is 11.4. The normalized spacial score (nSPS) is 29.1. The quantitative estimate of drug-likeness (QED) is 0.761. The van der Waals surface area contributed by atoms with Crippen LogP contribution in [0.1, 0.15) is 46.5 Å². The zero-order chi connectivity index (χ0) is 14.6. The number of carbonyl (C=O) groups is 1. The third-order valence-electron chi connectivity index (χ3n) is 4.17. The summed E-state index contributed by atoms with van der Waals surface area (Å²) in [4.78, 5) is 11.4. The molecular weight excluding hydrogens is 252 g/mol. The van der Waals surface area contributed by atoms with Crippen molar-refractivity contribution < 1.29 is 9.53 Å². The maximum Gasteiger partial charge on any atom is 0.407 e. The molecule has 1 amide bonds. The van der Waals surface area contributed by atoms with Gasteiger partial charge < -0.3 is 15.4 Å². The smallest absolute Gasteiger partial charge is 0.407 e. The van der Waals surface area contributed by atoms with Crippen LogP contribution in [0, 0.1) is 11.8 Å². The molecule has 0 saturated heterocycles. The van der Waals surface area contributed by atoms with Gasteiger partial charge >= 0.3 is 6.09 Å². The Morgan fingerprint density at radius 1 is 1.20 bits per heavy atom. The van der Waals surface area contributed by atoms with E-state index in [4.69, 9.17) is 4.74 Å². The third-order valence-corrected chi connectivity index (χ3v) is 4.17. The minimum absolute atomic E-state index is 0.358. The fourth-order valence-electron chi connectivity index (χ4n) is 3.34. The lowest BCUT2D eigenvalue weighted by molar-refractivity contribution is 0.0534. The summed E-state index contributed by atoms with van der Waals surface area (Å²) in [6, 6.07) is 0.720. The predicted molar refractivity (Wildman–Crippen MR) is 80.6 cm³/mol. The number of nitrogens with one attached hydrogen (secondary N) is 2. The number of carbonyl (C=O) groups excluding carboxylic acids is 1. The van der Waals surface area contributed by atoms with Gasteiger partial charge in [-0.2, -0.15) is 0 Å². The van der Waals surface area contributed by atoms with Crippen LogP contribution >= 0.6 is 0 Å². The Bertz CT molecular complexity index is 360. The summed E-state index contributed by atoms with van der Waals surface area (Å²) in [5.74, 6) is 1.89. The predicted octanol–water partition coefficient (Wildman–Crippen LogP) is 2.85. The Morgan fingerprint density at radius 2 is 1.95 bits per heavy atom. The number of fused-ring (bicyclic) bond motifs is 2. The minimum atomic E-state index is -0.433. The number of hydrogen-bond donors (Lipinski definition) is 2. The van der Waals surface area contributed by atoms with Gasteiger partial charge in [0.25, 0.3) is 0 Å². The SMILES string of the molecule is CC(C)(C)OC(=O)NC/C=C/CNC1CC2CCC1C2. The molecule has 0 heterocycles. The second-order valence-corrected chi connectivity index (χ2v) is 7.04. The molecule has 0 aliphatic heterocycles. The van der Waals surface area contributed by atoms with E-state index in [1.54, 1.807) is 0 Å². The summed E-state index contributed by atoms with van der Waals surface area (Å²) >= 11 is 0. The fourth-order valence-corrected chi connectivity index (χ4v) is 3.34. The Labute approximate surface area is 122 Å². The molecule has 2 saturated carbocycles. The number of ether oxygens (including phenoxy) is 1. The first kappa shape index (κ1) is 15.4. The first-order valence-corrected chi connectivity index (χ1v) is 7.79. The number of hydrogen-bond acceptors (Lipinski definition) is 3. The lowest BCUT2D eigenvalue weighted by atomic mass is 9.95. The monoisotopic (exact) mass is 280 g/mol. The first-order chi connectivity index (χ1) is 9.44. The highest BCUT2D eigenvalue weighted by Gasteiger charge is 2.38. The van der Waals surface area contributed by atoms with Crippen LogP contribution in [0.3, 0.4) is 0 Å². The molecule has 0 aromatic rings. The summed E-state index contributed by atoms with van der Waals surface area (Å²) in [6.45, 7) is 7.00. The molecular formula is C16H28N2O2. The molecule has 0 spiro atoms. The van der Waals surface area contributed by atoms with Crippen LogP contribution in [0.25, 0.3) is 0 Å². The summed E-state index contributed by atoms with van der Waals surface area (Å²) < 4.78 is 5.16. The van der Waals surface area contributed by atoms with Gasteiger partial charge in [-0.1, -0.05) is 18.6 Å². The topological polar surface area (TPSA) is 50.4 Å². The van der Waals surface area contributed by atoms with Crippen LogP contribution in [-0.4, -0.2) is 30.8 Å². The molecule has 2 N–H and O–H groups in total. The van der Waals surface area contributed by atoms with Crippen molar-refractivity contribution in [3.8, 4) is 0 Å². The molecule has 2 aliphatic rings. The molecule has 4 heteroatoms. The van der Waals surface area contributed by atoms with Crippen LogP contribution in [0.5, 0.6) is 0 Å². The van der Waals surface area contributed by atoms with Gasteiger partial charge in [0, 0.05) is 19.1 Å². The Kier molecular flexibility index (Phi) is 5.08. The molecule has 2 rings (SSSR count). The van der Waals surface area contributed by atoms with Crippen molar-refractivity contribution in [3.63, 3.8) is 0 Å². The third kappa shape index (κ3) is 4.82. The number of alkyl carbamates (subject to hydrolysis) is 1.